The number of imidazole rings is 1. The van der Waals surface area contributed by atoms with Gasteiger partial charge in [0.05, 0.1) is 27.8 Å². The van der Waals surface area contributed by atoms with Gasteiger partial charge in [-0.3, -0.25) is 0 Å². The third-order valence-electron chi connectivity index (χ3n) is 4.77. The van der Waals surface area contributed by atoms with Crippen molar-refractivity contribution >= 4 is 32.6 Å². The average Bonchev–Trinajstić information content (AvgIpc) is 3.03. The average molecular weight is 351 g/mol. The minimum absolute atomic E-state index is 0.0127. The molecule has 2 aromatic carbocycles. The number of hydrogen-bond donors (Lipinski definition) is 0. The molecule has 4 rings (SSSR count). The Morgan fingerprint density at radius 1 is 1.08 bits per heavy atom. The molecule has 0 atom stereocenters. The quantitative estimate of drug-likeness (QED) is 0.437. The zero-order valence-electron chi connectivity index (χ0n) is 15.7. The minimum atomic E-state index is -0.0127. The van der Waals surface area contributed by atoms with Crippen LogP contribution >= 0.6 is 11.3 Å². The lowest BCUT2D eigenvalue weighted by molar-refractivity contribution is -0.634. The Bertz CT molecular complexity index is 1110. The van der Waals surface area contributed by atoms with Crippen molar-refractivity contribution in [2.45, 2.75) is 40.2 Å². The summed E-state index contributed by atoms with van der Waals surface area (Å²) >= 11 is 1.77. The highest BCUT2D eigenvalue weighted by atomic mass is 32.1. The van der Waals surface area contributed by atoms with E-state index in [1.54, 1.807) is 11.3 Å². The third kappa shape index (κ3) is 2.47. The summed E-state index contributed by atoms with van der Waals surface area (Å²) in [7, 11) is 2.17. The highest BCUT2D eigenvalue weighted by molar-refractivity contribution is 7.18. The van der Waals surface area contributed by atoms with Crippen molar-refractivity contribution in [1.29, 1.82) is 0 Å². The van der Waals surface area contributed by atoms with E-state index < -0.39 is 0 Å². The molecule has 4 heteroatoms. The fraction of sp³-hybridized carbons (Fsp3) is 0.333. The first-order valence-corrected chi connectivity index (χ1v) is 9.47. The van der Waals surface area contributed by atoms with Crippen molar-refractivity contribution in [1.82, 2.24) is 9.55 Å². The van der Waals surface area contributed by atoms with Gasteiger partial charge in [0, 0.05) is 0 Å². The van der Waals surface area contributed by atoms with Crippen LogP contribution in [-0.4, -0.2) is 9.55 Å². The second kappa shape index (κ2) is 5.40. The molecule has 0 unspecified atom stereocenters. The van der Waals surface area contributed by atoms with Crippen molar-refractivity contribution < 1.29 is 4.57 Å². The van der Waals surface area contributed by atoms with Crippen molar-refractivity contribution in [3.8, 4) is 11.4 Å². The first-order valence-electron chi connectivity index (χ1n) is 8.65. The highest BCUT2D eigenvalue weighted by Crippen LogP contribution is 2.34. The van der Waals surface area contributed by atoms with Crippen LogP contribution in [0.15, 0.2) is 36.4 Å². The number of para-hydroxylation sites is 2. The lowest BCUT2D eigenvalue weighted by atomic mass is 10.0. The van der Waals surface area contributed by atoms with Crippen LogP contribution < -0.4 is 4.57 Å². The van der Waals surface area contributed by atoms with Gasteiger partial charge in [-0.05, 0) is 64.4 Å². The van der Waals surface area contributed by atoms with Gasteiger partial charge in [-0.1, -0.05) is 12.1 Å². The van der Waals surface area contributed by atoms with E-state index in [0.29, 0.717) is 0 Å². The first kappa shape index (κ1) is 16.3. The highest BCUT2D eigenvalue weighted by Gasteiger charge is 2.32. The summed E-state index contributed by atoms with van der Waals surface area (Å²) in [5.74, 6) is 1.25. The zero-order valence-corrected chi connectivity index (χ0v) is 16.5. The molecule has 25 heavy (non-hydrogen) atoms. The van der Waals surface area contributed by atoms with E-state index in [0.717, 1.165) is 10.5 Å². The molecule has 0 aliphatic carbocycles. The van der Waals surface area contributed by atoms with Crippen molar-refractivity contribution in [3.63, 3.8) is 0 Å². The molecule has 0 fully saturated rings. The molecule has 2 aromatic heterocycles. The number of hydrogen-bond acceptors (Lipinski definition) is 2. The summed E-state index contributed by atoms with van der Waals surface area (Å²) in [5.41, 5.74) is 6.16. The van der Waals surface area contributed by atoms with E-state index in [1.165, 1.54) is 32.7 Å². The second-order valence-corrected chi connectivity index (χ2v) is 8.98. The minimum Gasteiger partial charge on any atom is -0.242 e. The van der Waals surface area contributed by atoms with E-state index in [-0.39, 0.29) is 5.54 Å². The van der Waals surface area contributed by atoms with Crippen LogP contribution in [0.2, 0.25) is 0 Å². The van der Waals surface area contributed by atoms with Crippen LogP contribution in [-0.2, 0) is 12.6 Å². The maximum Gasteiger partial charge on any atom is 0.290 e. The predicted molar refractivity (Wildman–Crippen MR) is 106 cm³/mol. The molecule has 0 aliphatic rings. The predicted octanol–water partition coefficient (Wildman–Crippen LogP) is 5.11. The number of nitrogens with zero attached hydrogens (tertiary/aromatic N) is 3. The molecule has 4 aromatic rings. The molecule has 0 N–H and O–H groups in total. The number of aromatic nitrogens is 3. The van der Waals surface area contributed by atoms with Gasteiger partial charge < -0.3 is 0 Å². The van der Waals surface area contributed by atoms with E-state index >= 15 is 0 Å². The Morgan fingerprint density at radius 3 is 2.52 bits per heavy atom. The van der Waals surface area contributed by atoms with Gasteiger partial charge in [0.2, 0.25) is 0 Å². The van der Waals surface area contributed by atoms with Gasteiger partial charge in [0.1, 0.15) is 5.54 Å². The molecule has 0 saturated carbocycles. The van der Waals surface area contributed by atoms with Gasteiger partial charge in [-0.15, -0.1) is 11.3 Å². The van der Waals surface area contributed by atoms with Gasteiger partial charge in [0.25, 0.3) is 5.82 Å². The molecule has 128 valence electrons. The molecule has 0 aliphatic heterocycles. The summed E-state index contributed by atoms with van der Waals surface area (Å²) in [6, 6.07) is 13.2. The molecule has 2 heterocycles. The Labute approximate surface area is 152 Å². The standard InChI is InChI=1S/C21H24N3S/c1-13-11-16-19(25-14(2)22-16)12-15(13)20-23(6)17-9-7-8-10-18(17)24(20)21(3,4)5/h7-12H,1-6H3/q+1. The first-order chi connectivity index (χ1) is 11.8. The van der Waals surface area contributed by atoms with Crippen LogP contribution in [0.4, 0.5) is 0 Å². The van der Waals surface area contributed by atoms with E-state index in [2.05, 4.69) is 92.2 Å². The lowest BCUT2D eigenvalue weighted by Crippen LogP contribution is -2.33. The van der Waals surface area contributed by atoms with Crippen molar-refractivity contribution in [3.05, 3.63) is 47.0 Å². The Kier molecular flexibility index (Phi) is 3.51. The van der Waals surface area contributed by atoms with Crippen LogP contribution in [0.3, 0.4) is 0 Å². The smallest absolute Gasteiger partial charge is 0.242 e. The number of rotatable bonds is 1. The largest absolute Gasteiger partial charge is 0.290 e. The third-order valence-corrected chi connectivity index (χ3v) is 5.70. The topological polar surface area (TPSA) is 21.7 Å². The normalized spacial score (nSPS) is 12.4. The van der Waals surface area contributed by atoms with Gasteiger partial charge in [0.15, 0.2) is 11.0 Å². The summed E-state index contributed by atoms with van der Waals surface area (Å²) in [5, 5.41) is 1.12. The van der Waals surface area contributed by atoms with Gasteiger partial charge in [-0.2, -0.15) is 0 Å². The van der Waals surface area contributed by atoms with E-state index in [4.69, 9.17) is 0 Å². The fourth-order valence-corrected chi connectivity index (χ4v) is 4.58. The van der Waals surface area contributed by atoms with Crippen LogP contribution in [0.5, 0.6) is 0 Å². The molecule has 0 spiro atoms. The number of benzene rings is 2. The molecule has 0 amide bonds. The monoisotopic (exact) mass is 350 g/mol. The van der Waals surface area contributed by atoms with Gasteiger partial charge in [-0.25, -0.2) is 14.1 Å². The number of thiazole rings is 1. The fourth-order valence-electron chi connectivity index (χ4n) is 3.73. The summed E-state index contributed by atoms with van der Waals surface area (Å²) in [4.78, 5) is 4.65. The van der Waals surface area contributed by atoms with Gasteiger partial charge >= 0.3 is 0 Å². The van der Waals surface area contributed by atoms with E-state index in [9.17, 15) is 0 Å². The number of fused-ring (bicyclic) bond motifs is 2. The lowest BCUT2D eigenvalue weighted by Gasteiger charge is -2.19. The molecule has 0 radical (unpaired) electrons. The summed E-state index contributed by atoms with van der Waals surface area (Å²) in [6.45, 7) is 11.1. The molecular weight excluding hydrogens is 326 g/mol. The summed E-state index contributed by atoms with van der Waals surface area (Å²) in [6.07, 6.45) is 0. The Morgan fingerprint density at radius 2 is 1.80 bits per heavy atom. The molecule has 3 nitrogen and oxygen atoms in total. The van der Waals surface area contributed by atoms with Crippen molar-refractivity contribution in [2.75, 3.05) is 0 Å². The second-order valence-electron chi connectivity index (χ2n) is 7.75. The molecule has 0 bridgehead atoms. The van der Waals surface area contributed by atoms with Crippen LogP contribution in [0.25, 0.3) is 32.6 Å². The Hall–Kier alpha value is -2.20. The SMILES string of the molecule is Cc1nc2cc(C)c(-c3n(C(C)(C)C)c4ccccc4[n+]3C)cc2s1. The maximum atomic E-state index is 4.65. The van der Waals surface area contributed by atoms with Crippen molar-refractivity contribution in [2.24, 2.45) is 7.05 Å². The maximum absolute atomic E-state index is 4.65. The van der Waals surface area contributed by atoms with E-state index in [1.807, 2.05) is 0 Å². The summed E-state index contributed by atoms with van der Waals surface area (Å²) < 4.78 is 6.04. The number of aryl methyl sites for hydroxylation is 3. The Balaban J connectivity index is 2.14. The molecular formula is C21H24N3S+. The molecule has 0 saturated heterocycles. The zero-order chi connectivity index (χ0) is 17.9. The van der Waals surface area contributed by atoms with Crippen LogP contribution in [0, 0.1) is 13.8 Å². The van der Waals surface area contributed by atoms with Crippen LogP contribution in [0.1, 0.15) is 31.3 Å².